The predicted octanol–water partition coefficient (Wildman–Crippen LogP) is 4.05. The van der Waals surface area contributed by atoms with Gasteiger partial charge in [-0.05, 0) is 24.2 Å². The molecule has 0 aliphatic carbocycles. The summed E-state index contributed by atoms with van der Waals surface area (Å²) in [5, 5.41) is 0. The van der Waals surface area contributed by atoms with Crippen molar-refractivity contribution >= 4 is 0 Å². The Labute approximate surface area is 77.4 Å². The van der Waals surface area contributed by atoms with Crippen molar-refractivity contribution in [2.75, 3.05) is 0 Å². The van der Waals surface area contributed by atoms with Gasteiger partial charge in [0, 0.05) is 0 Å². The molecule has 0 fully saturated rings. The van der Waals surface area contributed by atoms with Gasteiger partial charge in [-0.2, -0.15) is 0 Å². The summed E-state index contributed by atoms with van der Waals surface area (Å²) in [5.41, 5.74) is 0. The van der Waals surface area contributed by atoms with E-state index in [2.05, 4.69) is 46.4 Å². The lowest BCUT2D eigenvalue weighted by molar-refractivity contribution is 0.501. The molecule has 0 bridgehead atoms. The van der Waals surface area contributed by atoms with Crippen LogP contribution >= 0.6 is 0 Å². The van der Waals surface area contributed by atoms with E-state index in [4.69, 9.17) is 0 Å². The number of rotatable bonds is 5. The highest BCUT2D eigenvalue weighted by Gasteiger charge is 2.02. The zero-order valence-electron chi connectivity index (χ0n) is 8.88. The van der Waals surface area contributed by atoms with Crippen molar-refractivity contribution in [1.82, 2.24) is 0 Å². The Kier molecular flexibility index (Phi) is 5.79. The highest BCUT2D eigenvalue weighted by Crippen LogP contribution is 2.14. The van der Waals surface area contributed by atoms with Crippen LogP contribution in [0.3, 0.4) is 0 Å². The van der Waals surface area contributed by atoms with Crippen molar-refractivity contribution in [2.45, 2.75) is 34.1 Å². The van der Waals surface area contributed by atoms with Crippen molar-refractivity contribution in [2.24, 2.45) is 17.8 Å². The van der Waals surface area contributed by atoms with Gasteiger partial charge in [-0.1, -0.05) is 45.9 Å². The van der Waals surface area contributed by atoms with E-state index in [0.29, 0.717) is 11.8 Å². The highest BCUT2D eigenvalue weighted by atomic mass is 14.1. The molecule has 0 radical (unpaired) electrons. The summed E-state index contributed by atoms with van der Waals surface area (Å²) in [6, 6.07) is 0. The second-order valence-corrected chi connectivity index (χ2v) is 3.80. The summed E-state index contributed by atoms with van der Waals surface area (Å²) in [6.45, 7) is 12.8. The van der Waals surface area contributed by atoms with Crippen molar-refractivity contribution in [3.8, 4) is 0 Å². The molecule has 12 heavy (non-hydrogen) atoms. The maximum atomic E-state index is 3.80. The van der Waals surface area contributed by atoms with Gasteiger partial charge in [0.15, 0.2) is 0 Å². The number of allylic oxidation sites excluding steroid dienone is 3. The second kappa shape index (κ2) is 6.05. The van der Waals surface area contributed by atoms with Crippen molar-refractivity contribution in [1.29, 1.82) is 0 Å². The summed E-state index contributed by atoms with van der Waals surface area (Å²) < 4.78 is 0. The third-order valence-corrected chi connectivity index (χ3v) is 2.49. The van der Waals surface area contributed by atoms with E-state index in [9.17, 15) is 0 Å². The van der Waals surface area contributed by atoms with Crippen LogP contribution in [0.5, 0.6) is 0 Å². The summed E-state index contributed by atoms with van der Waals surface area (Å²) in [7, 11) is 0. The maximum absolute atomic E-state index is 3.80. The van der Waals surface area contributed by atoms with E-state index >= 15 is 0 Å². The minimum atomic E-state index is 0.561. The first kappa shape index (κ1) is 11.5. The number of hydrogen-bond donors (Lipinski definition) is 0. The summed E-state index contributed by atoms with van der Waals surface area (Å²) in [6.07, 6.45) is 7.76. The molecule has 0 heterocycles. The lowest BCUT2D eigenvalue weighted by atomic mass is 9.95. The van der Waals surface area contributed by atoms with Crippen molar-refractivity contribution < 1.29 is 0 Å². The minimum absolute atomic E-state index is 0.561. The molecule has 0 rings (SSSR count). The van der Waals surface area contributed by atoms with Crippen LogP contribution in [-0.4, -0.2) is 0 Å². The third-order valence-electron chi connectivity index (χ3n) is 2.49. The molecule has 0 aromatic carbocycles. The molecular formula is C12H22. The first-order chi connectivity index (χ1) is 5.61. The Morgan fingerprint density at radius 2 is 1.75 bits per heavy atom. The Bertz CT molecular complexity index is 142. The van der Waals surface area contributed by atoms with Gasteiger partial charge in [0.1, 0.15) is 0 Å². The summed E-state index contributed by atoms with van der Waals surface area (Å²) in [5.74, 6) is 1.98. The molecule has 0 nitrogen and oxygen atoms in total. The fraction of sp³-hybridized carbons (Fsp3) is 0.667. The van der Waals surface area contributed by atoms with Crippen LogP contribution in [0.15, 0.2) is 24.8 Å². The van der Waals surface area contributed by atoms with E-state index in [-0.39, 0.29) is 0 Å². The molecule has 0 aromatic heterocycles. The lowest BCUT2D eigenvalue weighted by Crippen LogP contribution is -2.00. The lowest BCUT2D eigenvalue weighted by Gasteiger charge is -2.11. The van der Waals surface area contributed by atoms with Gasteiger partial charge in [-0.15, -0.1) is 6.58 Å². The van der Waals surface area contributed by atoms with E-state index in [1.807, 2.05) is 6.08 Å². The molecule has 2 atom stereocenters. The third kappa shape index (κ3) is 4.38. The molecule has 0 spiro atoms. The van der Waals surface area contributed by atoms with Gasteiger partial charge >= 0.3 is 0 Å². The molecule has 2 unspecified atom stereocenters. The van der Waals surface area contributed by atoms with Gasteiger partial charge in [-0.3, -0.25) is 0 Å². The van der Waals surface area contributed by atoms with Gasteiger partial charge in [0.05, 0.1) is 0 Å². The molecule has 0 aromatic rings. The fourth-order valence-electron chi connectivity index (χ4n) is 0.922. The normalized spacial score (nSPS) is 16.8. The Morgan fingerprint density at radius 3 is 2.08 bits per heavy atom. The van der Waals surface area contributed by atoms with Crippen LogP contribution in [0.4, 0.5) is 0 Å². The molecule has 0 aliphatic heterocycles. The van der Waals surface area contributed by atoms with Crippen LogP contribution in [0.2, 0.25) is 0 Å². The number of hydrogen-bond acceptors (Lipinski definition) is 0. The Morgan fingerprint density at radius 1 is 1.17 bits per heavy atom. The summed E-state index contributed by atoms with van der Waals surface area (Å²) in [4.78, 5) is 0. The van der Waals surface area contributed by atoms with Gasteiger partial charge in [0.2, 0.25) is 0 Å². The molecule has 0 heteroatoms. The molecule has 0 saturated heterocycles. The first-order valence-corrected chi connectivity index (χ1v) is 4.92. The standard InChI is InChI=1S/C12H22/c1-6-12(7-2)9-8-11(5)10(3)4/h6,8-12H,1,7H2,2-5H3. The average molecular weight is 166 g/mol. The second-order valence-electron chi connectivity index (χ2n) is 3.80. The molecule has 0 aliphatic rings. The molecule has 0 saturated carbocycles. The van der Waals surface area contributed by atoms with E-state index in [1.54, 1.807) is 0 Å². The van der Waals surface area contributed by atoms with E-state index in [1.165, 1.54) is 0 Å². The van der Waals surface area contributed by atoms with Gasteiger partial charge in [0.25, 0.3) is 0 Å². The highest BCUT2D eigenvalue weighted by molar-refractivity contribution is 4.98. The minimum Gasteiger partial charge on any atom is -0.102 e. The fourth-order valence-corrected chi connectivity index (χ4v) is 0.922. The van der Waals surface area contributed by atoms with Gasteiger partial charge < -0.3 is 0 Å². The Balaban J connectivity index is 3.94. The predicted molar refractivity (Wildman–Crippen MR) is 57.1 cm³/mol. The van der Waals surface area contributed by atoms with E-state index in [0.717, 1.165) is 12.3 Å². The maximum Gasteiger partial charge on any atom is -0.00587 e. The van der Waals surface area contributed by atoms with Crippen LogP contribution in [-0.2, 0) is 0 Å². The largest absolute Gasteiger partial charge is 0.102 e. The molecular weight excluding hydrogens is 144 g/mol. The van der Waals surface area contributed by atoms with Crippen LogP contribution < -0.4 is 0 Å². The van der Waals surface area contributed by atoms with Crippen LogP contribution in [0.25, 0.3) is 0 Å². The summed E-state index contributed by atoms with van der Waals surface area (Å²) >= 11 is 0. The quantitative estimate of drug-likeness (QED) is 0.541. The molecule has 0 amide bonds. The van der Waals surface area contributed by atoms with Crippen molar-refractivity contribution in [3.63, 3.8) is 0 Å². The SMILES string of the molecule is C=CC(C=CC(C)C(C)C)CC. The monoisotopic (exact) mass is 166 g/mol. The first-order valence-electron chi connectivity index (χ1n) is 4.92. The smallest absolute Gasteiger partial charge is 0.00587 e. The zero-order valence-corrected chi connectivity index (χ0v) is 8.88. The van der Waals surface area contributed by atoms with Crippen LogP contribution in [0, 0.1) is 17.8 Å². The Hall–Kier alpha value is -0.520. The van der Waals surface area contributed by atoms with E-state index < -0.39 is 0 Å². The topological polar surface area (TPSA) is 0 Å². The van der Waals surface area contributed by atoms with Crippen LogP contribution in [0.1, 0.15) is 34.1 Å². The zero-order chi connectivity index (χ0) is 9.56. The average Bonchev–Trinajstić information content (AvgIpc) is 2.05. The molecule has 70 valence electrons. The van der Waals surface area contributed by atoms with Crippen molar-refractivity contribution in [3.05, 3.63) is 24.8 Å². The molecule has 0 N–H and O–H groups in total. The van der Waals surface area contributed by atoms with Gasteiger partial charge in [-0.25, -0.2) is 0 Å².